The number of carboxylic acids is 1. The lowest BCUT2D eigenvalue weighted by molar-refractivity contribution is -0.130. The van der Waals surface area contributed by atoms with E-state index in [1.807, 2.05) is 62.4 Å². The number of rotatable bonds is 5. The molecule has 21 heavy (non-hydrogen) atoms. The van der Waals surface area contributed by atoms with Gasteiger partial charge in [-0.25, -0.2) is 4.79 Å². The molecule has 1 N–H and O–H groups in total. The average Bonchev–Trinajstić information content (AvgIpc) is 2.46. The second-order valence-electron chi connectivity index (χ2n) is 4.68. The van der Waals surface area contributed by atoms with Crippen LogP contribution in [-0.2, 0) is 4.79 Å². The molecule has 3 nitrogen and oxygen atoms in total. The zero-order valence-electron chi connectivity index (χ0n) is 12.2. The Hall–Kier alpha value is -2.55. The first-order valence-corrected chi connectivity index (χ1v) is 6.85. The number of benzene rings is 2. The fraction of sp³-hybridized carbons (Fsp3) is 0.167. The normalized spacial score (nSPS) is 11.2. The van der Waals surface area contributed by atoms with Gasteiger partial charge >= 0.3 is 5.97 Å². The Labute approximate surface area is 124 Å². The highest BCUT2D eigenvalue weighted by Crippen LogP contribution is 2.23. The highest BCUT2D eigenvalue weighted by atomic mass is 16.5. The van der Waals surface area contributed by atoms with Gasteiger partial charge in [0.05, 0.1) is 12.2 Å². The summed E-state index contributed by atoms with van der Waals surface area (Å²) in [6.07, 6.45) is 1.67. The van der Waals surface area contributed by atoms with Crippen LogP contribution in [0.4, 0.5) is 0 Å². The summed E-state index contributed by atoms with van der Waals surface area (Å²) in [6.45, 7) is 4.40. The van der Waals surface area contributed by atoms with Gasteiger partial charge in [-0.1, -0.05) is 36.4 Å². The van der Waals surface area contributed by atoms with Gasteiger partial charge in [0.2, 0.25) is 0 Å². The molecule has 0 saturated heterocycles. The lowest BCUT2D eigenvalue weighted by Crippen LogP contribution is -2.01. The largest absolute Gasteiger partial charge is 0.494 e. The summed E-state index contributed by atoms with van der Waals surface area (Å²) >= 11 is 0. The van der Waals surface area contributed by atoms with Crippen LogP contribution in [0.1, 0.15) is 23.6 Å². The number of aryl methyl sites for hydroxylation is 1. The van der Waals surface area contributed by atoms with E-state index in [9.17, 15) is 9.90 Å². The maximum Gasteiger partial charge on any atom is 0.336 e. The van der Waals surface area contributed by atoms with E-state index >= 15 is 0 Å². The van der Waals surface area contributed by atoms with Gasteiger partial charge in [0.1, 0.15) is 5.75 Å². The molecule has 0 fully saturated rings. The molecule has 0 amide bonds. The van der Waals surface area contributed by atoms with Gasteiger partial charge in [0.25, 0.3) is 0 Å². The molecule has 0 aromatic heterocycles. The van der Waals surface area contributed by atoms with E-state index in [2.05, 4.69) is 0 Å². The first-order valence-electron chi connectivity index (χ1n) is 6.85. The standard InChI is InChI=1S/C18H18O3/c1-3-21-15-9-6-8-14(11-15)12-17(18(19)20)16-10-5-4-7-13(16)2/h4-12H,3H2,1-2H3,(H,19,20)/b17-12+. The summed E-state index contributed by atoms with van der Waals surface area (Å²) in [5, 5.41) is 9.49. The van der Waals surface area contributed by atoms with Gasteiger partial charge in [-0.2, -0.15) is 0 Å². The van der Waals surface area contributed by atoms with E-state index in [0.717, 1.165) is 22.4 Å². The van der Waals surface area contributed by atoms with Crippen molar-refractivity contribution in [3.63, 3.8) is 0 Å². The molecular weight excluding hydrogens is 264 g/mol. The summed E-state index contributed by atoms with van der Waals surface area (Å²) < 4.78 is 5.44. The average molecular weight is 282 g/mol. The Bertz CT molecular complexity index is 672. The van der Waals surface area contributed by atoms with Crippen molar-refractivity contribution in [3.8, 4) is 5.75 Å². The Morgan fingerprint density at radius 1 is 1.19 bits per heavy atom. The van der Waals surface area contributed by atoms with Crippen LogP contribution in [0.5, 0.6) is 5.75 Å². The van der Waals surface area contributed by atoms with E-state index in [0.29, 0.717) is 6.61 Å². The minimum absolute atomic E-state index is 0.279. The molecule has 0 aliphatic carbocycles. The number of ether oxygens (including phenoxy) is 1. The monoisotopic (exact) mass is 282 g/mol. The molecule has 2 rings (SSSR count). The summed E-state index contributed by atoms with van der Waals surface area (Å²) in [7, 11) is 0. The van der Waals surface area contributed by atoms with E-state index in [1.54, 1.807) is 6.08 Å². The maximum absolute atomic E-state index is 11.6. The van der Waals surface area contributed by atoms with E-state index in [1.165, 1.54) is 0 Å². The topological polar surface area (TPSA) is 46.5 Å². The van der Waals surface area contributed by atoms with Gasteiger partial charge in [-0.05, 0) is 48.7 Å². The van der Waals surface area contributed by atoms with E-state index in [4.69, 9.17) is 4.74 Å². The molecule has 2 aromatic rings. The van der Waals surface area contributed by atoms with Gasteiger partial charge in [0, 0.05) is 0 Å². The first-order chi connectivity index (χ1) is 10.1. The first kappa shape index (κ1) is 14.9. The molecule has 0 aliphatic heterocycles. The van der Waals surface area contributed by atoms with Gasteiger partial charge in [-0.15, -0.1) is 0 Å². The van der Waals surface area contributed by atoms with Crippen LogP contribution in [0.25, 0.3) is 11.6 Å². The van der Waals surface area contributed by atoms with Crippen molar-refractivity contribution in [2.24, 2.45) is 0 Å². The number of hydrogen-bond donors (Lipinski definition) is 1. The Morgan fingerprint density at radius 2 is 1.95 bits per heavy atom. The van der Waals surface area contributed by atoms with Crippen molar-refractivity contribution in [1.29, 1.82) is 0 Å². The lowest BCUT2D eigenvalue weighted by atomic mass is 9.98. The Balaban J connectivity index is 2.46. The van der Waals surface area contributed by atoms with Gasteiger partial charge in [0.15, 0.2) is 0 Å². The van der Waals surface area contributed by atoms with Crippen LogP contribution >= 0.6 is 0 Å². The van der Waals surface area contributed by atoms with E-state index < -0.39 is 5.97 Å². The van der Waals surface area contributed by atoms with Crippen molar-refractivity contribution in [2.75, 3.05) is 6.61 Å². The van der Waals surface area contributed by atoms with Crippen molar-refractivity contribution in [1.82, 2.24) is 0 Å². The lowest BCUT2D eigenvalue weighted by Gasteiger charge is -2.08. The molecule has 0 radical (unpaired) electrons. The summed E-state index contributed by atoms with van der Waals surface area (Å²) in [4.78, 5) is 11.6. The number of aliphatic carboxylic acids is 1. The summed E-state index contributed by atoms with van der Waals surface area (Å²) in [5.74, 6) is -0.202. The highest BCUT2D eigenvalue weighted by Gasteiger charge is 2.12. The molecule has 0 bridgehead atoms. The van der Waals surface area contributed by atoms with Crippen molar-refractivity contribution in [3.05, 3.63) is 65.2 Å². The summed E-state index contributed by atoms with van der Waals surface area (Å²) in [6, 6.07) is 14.9. The zero-order valence-corrected chi connectivity index (χ0v) is 12.2. The molecule has 3 heteroatoms. The van der Waals surface area contributed by atoms with Crippen LogP contribution in [0.2, 0.25) is 0 Å². The Morgan fingerprint density at radius 3 is 2.62 bits per heavy atom. The van der Waals surface area contributed by atoms with Gasteiger partial charge < -0.3 is 9.84 Å². The van der Waals surface area contributed by atoms with Crippen LogP contribution in [0.15, 0.2) is 48.5 Å². The minimum Gasteiger partial charge on any atom is -0.494 e. The predicted molar refractivity (Wildman–Crippen MR) is 84.3 cm³/mol. The number of hydrogen-bond acceptors (Lipinski definition) is 2. The molecule has 0 spiro atoms. The number of carboxylic acid groups (broad SMARTS) is 1. The summed E-state index contributed by atoms with van der Waals surface area (Å²) in [5.41, 5.74) is 2.75. The quantitative estimate of drug-likeness (QED) is 0.665. The zero-order chi connectivity index (χ0) is 15.2. The molecule has 0 saturated carbocycles. The fourth-order valence-corrected chi connectivity index (χ4v) is 2.16. The van der Waals surface area contributed by atoms with Crippen LogP contribution in [0.3, 0.4) is 0 Å². The van der Waals surface area contributed by atoms with Crippen LogP contribution in [0, 0.1) is 6.92 Å². The van der Waals surface area contributed by atoms with Crippen molar-refractivity contribution in [2.45, 2.75) is 13.8 Å². The SMILES string of the molecule is CCOc1cccc(/C=C(/C(=O)O)c2ccccc2C)c1. The molecule has 0 unspecified atom stereocenters. The fourth-order valence-electron chi connectivity index (χ4n) is 2.16. The number of carbonyl (C=O) groups is 1. The molecule has 0 atom stereocenters. The molecule has 0 heterocycles. The third kappa shape index (κ3) is 3.72. The predicted octanol–water partition coefficient (Wildman–Crippen LogP) is 4.02. The second kappa shape index (κ2) is 6.75. The maximum atomic E-state index is 11.6. The third-order valence-corrected chi connectivity index (χ3v) is 3.15. The third-order valence-electron chi connectivity index (χ3n) is 3.15. The van der Waals surface area contributed by atoms with Crippen molar-refractivity contribution >= 4 is 17.6 Å². The minimum atomic E-state index is -0.939. The van der Waals surface area contributed by atoms with Crippen LogP contribution in [-0.4, -0.2) is 17.7 Å². The smallest absolute Gasteiger partial charge is 0.336 e. The second-order valence-corrected chi connectivity index (χ2v) is 4.68. The molecule has 108 valence electrons. The van der Waals surface area contributed by atoms with Crippen LogP contribution < -0.4 is 4.74 Å². The molecule has 2 aromatic carbocycles. The molecule has 0 aliphatic rings. The Kier molecular flexibility index (Phi) is 4.77. The van der Waals surface area contributed by atoms with Gasteiger partial charge in [-0.3, -0.25) is 0 Å². The molecular formula is C18H18O3. The van der Waals surface area contributed by atoms with E-state index in [-0.39, 0.29) is 5.57 Å². The highest BCUT2D eigenvalue weighted by molar-refractivity contribution is 6.21. The van der Waals surface area contributed by atoms with Crippen molar-refractivity contribution < 1.29 is 14.6 Å².